The van der Waals surface area contributed by atoms with Crippen molar-refractivity contribution in [2.24, 2.45) is 46.8 Å². The summed E-state index contributed by atoms with van der Waals surface area (Å²) in [6.45, 7) is 11.0. The number of ether oxygens (including phenoxy) is 2. The molecule has 3 heterocycles. The molecule has 0 aromatic heterocycles. The minimum Gasteiger partial charge on any atom is -0.456 e. The maximum Gasteiger partial charge on any atom is 0.309 e. The molecule has 1 unspecified atom stereocenters. The monoisotopic (exact) mass is 593 g/mol. The Labute approximate surface area is 248 Å². The molecule has 7 fully saturated rings. The highest BCUT2D eigenvalue weighted by atomic mass is 16.7. The molecular weight excluding hydrogens is 542 g/mol. The minimum absolute atomic E-state index is 0.116. The summed E-state index contributed by atoms with van der Waals surface area (Å²) in [5.74, 6) is -5.58. The van der Waals surface area contributed by atoms with Crippen molar-refractivity contribution >= 4 is 5.97 Å². The van der Waals surface area contributed by atoms with E-state index in [1.54, 1.807) is 13.8 Å². The van der Waals surface area contributed by atoms with Crippen LogP contribution >= 0.6 is 0 Å². The van der Waals surface area contributed by atoms with Crippen LogP contribution in [-0.2, 0) is 14.3 Å². The zero-order valence-corrected chi connectivity index (χ0v) is 25.6. The van der Waals surface area contributed by atoms with Crippen LogP contribution in [0.1, 0.15) is 79.6 Å². The van der Waals surface area contributed by atoms with Gasteiger partial charge in [0.15, 0.2) is 11.9 Å². The van der Waals surface area contributed by atoms with E-state index in [0.717, 1.165) is 19.4 Å². The van der Waals surface area contributed by atoms with Gasteiger partial charge in [-0.15, -0.1) is 0 Å². The Bertz CT molecular complexity index is 1140. The largest absolute Gasteiger partial charge is 0.456 e. The van der Waals surface area contributed by atoms with Gasteiger partial charge in [-0.05, 0) is 69.6 Å². The molecule has 238 valence electrons. The van der Waals surface area contributed by atoms with E-state index in [9.17, 15) is 35.4 Å². The predicted octanol–water partition coefficient (Wildman–Crippen LogP) is 0.783. The summed E-state index contributed by atoms with van der Waals surface area (Å²) in [6.07, 6.45) is -1.47. The Morgan fingerprint density at radius 3 is 2.50 bits per heavy atom. The molecule has 17 atom stereocenters. The van der Waals surface area contributed by atoms with Crippen molar-refractivity contribution in [3.63, 3.8) is 0 Å². The molecule has 4 aliphatic carbocycles. The number of piperidine rings is 2. The summed E-state index contributed by atoms with van der Waals surface area (Å²) >= 11 is 0. The summed E-state index contributed by atoms with van der Waals surface area (Å²) < 4.78 is 12.8. The van der Waals surface area contributed by atoms with Crippen molar-refractivity contribution in [1.82, 2.24) is 4.90 Å². The molecule has 0 amide bonds. The van der Waals surface area contributed by atoms with Gasteiger partial charge in [0.1, 0.15) is 11.7 Å². The number of carbonyl (C=O) groups excluding carboxylic acids is 1. The van der Waals surface area contributed by atoms with E-state index in [0.29, 0.717) is 31.7 Å². The van der Waals surface area contributed by atoms with E-state index in [1.165, 1.54) is 0 Å². The van der Waals surface area contributed by atoms with Gasteiger partial charge in [-0.25, -0.2) is 0 Å². The first-order valence-corrected chi connectivity index (χ1v) is 16.4. The number of hydrogen-bond donors (Lipinski definition) is 6. The Morgan fingerprint density at radius 2 is 1.81 bits per heavy atom. The highest BCUT2D eigenvalue weighted by Crippen LogP contribution is 2.77. The number of esters is 1. The van der Waals surface area contributed by atoms with Crippen molar-refractivity contribution in [2.45, 2.75) is 133 Å². The van der Waals surface area contributed by atoms with Crippen LogP contribution in [-0.4, -0.2) is 108 Å². The molecule has 1 spiro atoms. The van der Waals surface area contributed by atoms with Gasteiger partial charge in [0.2, 0.25) is 0 Å². The van der Waals surface area contributed by atoms with Gasteiger partial charge in [-0.1, -0.05) is 27.7 Å². The van der Waals surface area contributed by atoms with Gasteiger partial charge in [-0.3, -0.25) is 9.69 Å². The summed E-state index contributed by atoms with van der Waals surface area (Å²) in [7, 11) is 0. The van der Waals surface area contributed by atoms with Gasteiger partial charge >= 0.3 is 5.97 Å². The molecule has 6 N–H and O–H groups in total. The molecule has 3 aliphatic heterocycles. The van der Waals surface area contributed by atoms with E-state index in [-0.39, 0.29) is 24.8 Å². The van der Waals surface area contributed by atoms with Crippen LogP contribution in [0.3, 0.4) is 0 Å². The molecule has 0 aromatic rings. The fourth-order valence-corrected chi connectivity index (χ4v) is 11.9. The third-order valence-electron chi connectivity index (χ3n) is 14.1. The third kappa shape index (κ3) is 3.36. The van der Waals surface area contributed by atoms with Crippen LogP contribution in [0.5, 0.6) is 0 Å². The van der Waals surface area contributed by atoms with Gasteiger partial charge in [0.25, 0.3) is 0 Å². The van der Waals surface area contributed by atoms with E-state index < -0.39 is 88.0 Å². The Balaban J connectivity index is 1.39. The van der Waals surface area contributed by atoms with Crippen LogP contribution < -0.4 is 0 Å². The maximum absolute atomic E-state index is 13.4. The van der Waals surface area contributed by atoms with E-state index in [4.69, 9.17) is 9.47 Å². The number of rotatable bonds is 3. The quantitative estimate of drug-likeness (QED) is 0.258. The third-order valence-corrected chi connectivity index (χ3v) is 14.1. The van der Waals surface area contributed by atoms with Gasteiger partial charge in [-0.2, -0.15) is 0 Å². The fraction of sp³-hybridized carbons (Fsp3) is 0.969. The molecule has 7 rings (SSSR count). The number of nitrogens with zero attached hydrogens (tertiary/aromatic N) is 1. The maximum atomic E-state index is 13.4. The molecule has 42 heavy (non-hydrogen) atoms. The lowest BCUT2D eigenvalue weighted by atomic mass is 9.49. The summed E-state index contributed by atoms with van der Waals surface area (Å²) in [6, 6.07) is -0.172. The first-order chi connectivity index (χ1) is 19.6. The molecule has 4 saturated carbocycles. The van der Waals surface area contributed by atoms with Crippen molar-refractivity contribution in [3.8, 4) is 0 Å². The normalized spacial score (nSPS) is 60.6. The van der Waals surface area contributed by atoms with E-state index in [2.05, 4.69) is 11.8 Å². The molecule has 0 radical (unpaired) electrons. The van der Waals surface area contributed by atoms with Crippen molar-refractivity contribution in [2.75, 3.05) is 13.1 Å². The van der Waals surface area contributed by atoms with Gasteiger partial charge < -0.3 is 40.1 Å². The Hall–Kier alpha value is -0.850. The molecule has 7 aliphatic rings. The zero-order chi connectivity index (χ0) is 30.4. The standard InChI is InChI=1S/C32H51NO9/c1-6-16(3)27(37)41-26-24(36)23-17(14-33-13-15(2)7-8-21(33)29(23,5)38)18-12-30-25(31(18,26)39)19(34)11-20-28(30,4)10-9-22(35)32(20,40)42-30/h15-26,34-36,38-40H,6-14H2,1-5H3/t15-,16?,17-,18-,19+,20-,21-,22-,23+,24+,25+,26-,28-,29+,30+,31-,32-/m0/s1. The Kier molecular flexibility index (Phi) is 6.48. The lowest BCUT2D eigenvalue weighted by molar-refractivity contribution is -0.299. The highest BCUT2D eigenvalue weighted by Gasteiger charge is 2.86. The van der Waals surface area contributed by atoms with Crippen LogP contribution in [0.25, 0.3) is 0 Å². The lowest BCUT2D eigenvalue weighted by Gasteiger charge is -2.64. The first-order valence-electron chi connectivity index (χ1n) is 16.4. The number of fused-ring (bicyclic) bond motifs is 5. The van der Waals surface area contributed by atoms with Crippen LogP contribution in [0.4, 0.5) is 0 Å². The number of aliphatic hydroxyl groups excluding tert-OH is 3. The summed E-state index contributed by atoms with van der Waals surface area (Å²) in [5.41, 5.74) is -5.07. The van der Waals surface area contributed by atoms with Crippen molar-refractivity contribution in [3.05, 3.63) is 0 Å². The molecule has 4 bridgehead atoms. The van der Waals surface area contributed by atoms with Crippen LogP contribution in [0.15, 0.2) is 0 Å². The minimum atomic E-state index is -1.87. The zero-order valence-electron chi connectivity index (χ0n) is 25.6. The van der Waals surface area contributed by atoms with Gasteiger partial charge in [0, 0.05) is 42.3 Å². The Morgan fingerprint density at radius 1 is 1.10 bits per heavy atom. The smallest absolute Gasteiger partial charge is 0.309 e. The van der Waals surface area contributed by atoms with Crippen molar-refractivity contribution in [1.29, 1.82) is 0 Å². The molecule has 10 nitrogen and oxygen atoms in total. The summed E-state index contributed by atoms with van der Waals surface area (Å²) in [4.78, 5) is 15.7. The van der Waals surface area contributed by atoms with Crippen LogP contribution in [0, 0.1) is 46.8 Å². The van der Waals surface area contributed by atoms with E-state index in [1.807, 2.05) is 13.8 Å². The topological polar surface area (TPSA) is 160 Å². The lowest BCUT2D eigenvalue weighted by Crippen LogP contribution is -2.77. The number of carbonyl (C=O) groups is 1. The molecular formula is C32H51NO9. The first kappa shape index (κ1) is 29.8. The van der Waals surface area contributed by atoms with E-state index >= 15 is 0 Å². The second-order valence-corrected chi connectivity index (χ2v) is 16.0. The van der Waals surface area contributed by atoms with Crippen molar-refractivity contribution < 1.29 is 44.9 Å². The summed E-state index contributed by atoms with van der Waals surface area (Å²) in [5, 5.41) is 72.3. The SMILES string of the molecule is CCC(C)C(=O)O[C@H]1[C@H](O)[C@H]2[C@@H](CN3C[C@@H](C)CC[C@H]3[C@@]2(C)O)[C@@H]2C[C@@]34O[C@@]5(O)[C@@H](C[C@@H](O)[C@H]3[C@@]21O)[C@]4(C)CC[C@@H]5O. The predicted molar refractivity (Wildman–Crippen MR) is 149 cm³/mol. The average Bonchev–Trinajstić information content (AvgIpc) is 3.21. The van der Waals surface area contributed by atoms with Gasteiger partial charge in [0.05, 0.1) is 29.3 Å². The molecule has 0 aromatic carbocycles. The fourth-order valence-electron chi connectivity index (χ4n) is 11.9. The highest BCUT2D eigenvalue weighted by molar-refractivity contribution is 5.72. The number of hydrogen-bond acceptors (Lipinski definition) is 10. The molecule has 10 heteroatoms. The number of aliphatic hydroxyl groups is 6. The second-order valence-electron chi connectivity index (χ2n) is 16.0. The average molecular weight is 594 g/mol. The second kappa shape index (κ2) is 9.12. The molecule has 3 saturated heterocycles. The van der Waals surface area contributed by atoms with Crippen LogP contribution in [0.2, 0.25) is 0 Å².